The Morgan fingerprint density at radius 3 is 2.95 bits per heavy atom. The first kappa shape index (κ1) is 14.3. The van der Waals surface area contributed by atoms with Crippen LogP contribution in [0.15, 0.2) is 41.8 Å². The standard InChI is InChI=1S/C15H14N4O2S/c1-21-11-6-3-2-5-10(11)15(20)16-9-13-17-14(19-18-13)12-7-4-8-22-12/h2-8H,9H2,1H3,(H,16,20)(H,17,18,19). The number of para-hydroxylation sites is 1. The SMILES string of the molecule is COc1ccccc1C(=O)NCc1nc(-c2cccs2)n[nH]1. The molecule has 0 aliphatic carbocycles. The second-order valence-electron chi connectivity index (χ2n) is 4.47. The summed E-state index contributed by atoms with van der Waals surface area (Å²) in [5.74, 6) is 1.56. The summed E-state index contributed by atoms with van der Waals surface area (Å²) in [6.45, 7) is 0.273. The first-order valence-electron chi connectivity index (χ1n) is 6.64. The summed E-state index contributed by atoms with van der Waals surface area (Å²) in [6.07, 6.45) is 0. The summed E-state index contributed by atoms with van der Waals surface area (Å²) in [5, 5.41) is 11.7. The molecule has 0 spiro atoms. The highest BCUT2D eigenvalue weighted by Crippen LogP contribution is 2.20. The van der Waals surface area contributed by atoms with Crippen LogP contribution in [0.4, 0.5) is 0 Å². The topological polar surface area (TPSA) is 79.9 Å². The Balaban J connectivity index is 1.66. The predicted octanol–water partition coefficient (Wildman–Crippen LogP) is 2.47. The Labute approximate surface area is 131 Å². The van der Waals surface area contributed by atoms with Crippen molar-refractivity contribution in [3.05, 3.63) is 53.2 Å². The number of hydrogen-bond donors (Lipinski definition) is 2. The molecule has 0 fully saturated rings. The van der Waals surface area contributed by atoms with Gasteiger partial charge in [-0.15, -0.1) is 11.3 Å². The van der Waals surface area contributed by atoms with Crippen molar-refractivity contribution < 1.29 is 9.53 Å². The van der Waals surface area contributed by atoms with E-state index >= 15 is 0 Å². The van der Waals surface area contributed by atoms with E-state index in [2.05, 4.69) is 20.5 Å². The molecule has 0 saturated carbocycles. The Hall–Kier alpha value is -2.67. The summed E-state index contributed by atoms with van der Waals surface area (Å²) in [5.41, 5.74) is 0.489. The summed E-state index contributed by atoms with van der Waals surface area (Å²) in [4.78, 5) is 17.5. The van der Waals surface area contributed by atoms with Crippen molar-refractivity contribution in [2.45, 2.75) is 6.54 Å². The fourth-order valence-corrected chi connectivity index (χ4v) is 2.64. The molecule has 1 amide bonds. The number of amides is 1. The van der Waals surface area contributed by atoms with Crippen LogP contribution in [0, 0.1) is 0 Å². The first-order valence-corrected chi connectivity index (χ1v) is 7.52. The van der Waals surface area contributed by atoms with Crippen molar-refractivity contribution in [3.63, 3.8) is 0 Å². The summed E-state index contributed by atoms with van der Waals surface area (Å²) < 4.78 is 5.18. The van der Waals surface area contributed by atoms with Crippen LogP contribution in [0.3, 0.4) is 0 Å². The van der Waals surface area contributed by atoms with Crippen LogP contribution in [0.2, 0.25) is 0 Å². The molecule has 3 aromatic rings. The predicted molar refractivity (Wildman–Crippen MR) is 83.9 cm³/mol. The average molecular weight is 314 g/mol. The lowest BCUT2D eigenvalue weighted by molar-refractivity contribution is 0.0947. The number of carbonyl (C=O) groups excluding carboxylic acids is 1. The van der Waals surface area contributed by atoms with E-state index in [4.69, 9.17) is 4.74 Å². The van der Waals surface area contributed by atoms with E-state index in [0.717, 1.165) is 4.88 Å². The van der Waals surface area contributed by atoms with Gasteiger partial charge >= 0.3 is 0 Å². The monoisotopic (exact) mass is 314 g/mol. The van der Waals surface area contributed by atoms with Gasteiger partial charge in [-0.2, -0.15) is 5.10 Å². The van der Waals surface area contributed by atoms with Crippen molar-refractivity contribution in [1.82, 2.24) is 20.5 Å². The second-order valence-corrected chi connectivity index (χ2v) is 5.41. The summed E-state index contributed by atoms with van der Waals surface area (Å²) in [7, 11) is 1.54. The van der Waals surface area contributed by atoms with Gasteiger partial charge in [0.1, 0.15) is 11.6 Å². The molecule has 2 heterocycles. The molecular formula is C15H14N4O2S. The van der Waals surface area contributed by atoms with Crippen LogP contribution < -0.4 is 10.1 Å². The number of aromatic amines is 1. The van der Waals surface area contributed by atoms with E-state index in [1.807, 2.05) is 23.6 Å². The molecule has 6 nitrogen and oxygen atoms in total. The molecule has 2 aromatic heterocycles. The third kappa shape index (κ3) is 2.99. The number of hydrogen-bond acceptors (Lipinski definition) is 5. The van der Waals surface area contributed by atoms with Crippen molar-refractivity contribution in [2.75, 3.05) is 7.11 Å². The average Bonchev–Trinajstić information content (AvgIpc) is 3.23. The maximum atomic E-state index is 12.2. The lowest BCUT2D eigenvalue weighted by Crippen LogP contribution is -2.23. The Morgan fingerprint density at radius 1 is 1.32 bits per heavy atom. The smallest absolute Gasteiger partial charge is 0.255 e. The number of methoxy groups -OCH3 is 1. The van der Waals surface area contributed by atoms with Gasteiger partial charge in [0.05, 0.1) is 24.1 Å². The van der Waals surface area contributed by atoms with Crippen LogP contribution in [-0.2, 0) is 6.54 Å². The molecule has 2 N–H and O–H groups in total. The van der Waals surface area contributed by atoms with Gasteiger partial charge in [-0.25, -0.2) is 4.98 Å². The molecule has 7 heteroatoms. The molecular weight excluding hydrogens is 300 g/mol. The van der Waals surface area contributed by atoms with Gasteiger partial charge in [-0.1, -0.05) is 18.2 Å². The lowest BCUT2D eigenvalue weighted by Gasteiger charge is -2.07. The zero-order valence-corrected chi connectivity index (χ0v) is 12.7. The number of carbonyl (C=O) groups is 1. The molecule has 0 aliphatic rings. The van der Waals surface area contributed by atoms with Crippen LogP contribution in [0.5, 0.6) is 5.75 Å². The molecule has 22 heavy (non-hydrogen) atoms. The van der Waals surface area contributed by atoms with Gasteiger partial charge in [-0.05, 0) is 23.6 Å². The van der Waals surface area contributed by atoms with Gasteiger partial charge < -0.3 is 10.1 Å². The van der Waals surface area contributed by atoms with Crippen molar-refractivity contribution in [3.8, 4) is 16.5 Å². The van der Waals surface area contributed by atoms with Gasteiger partial charge in [0.25, 0.3) is 5.91 Å². The van der Waals surface area contributed by atoms with Gasteiger partial charge in [0.2, 0.25) is 0 Å². The largest absolute Gasteiger partial charge is 0.496 e. The van der Waals surface area contributed by atoms with Crippen molar-refractivity contribution in [1.29, 1.82) is 0 Å². The molecule has 0 unspecified atom stereocenters. The van der Waals surface area contributed by atoms with E-state index in [-0.39, 0.29) is 12.5 Å². The maximum Gasteiger partial charge on any atom is 0.255 e. The minimum Gasteiger partial charge on any atom is -0.496 e. The number of benzene rings is 1. The van der Waals surface area contributed by atoms with Crippen LogP contribution in [0.25, 0.3) is 10.7 Å². The number of nitrogens with zero attached hydrogens (tertiary/aromatic N) is 2. The third-order valence-electron chi connectivity index (χ3n) is 3.04. The Bertz CT molecular complexity index is 767. The van der Waals surface area contributed by atoms with Gasteiger partial charge in [0.15, 0.2) is 5.82 Å². The van der Waals surface area contributed by atoms with Crippen LogP contribution in [-0.4, -0.2) is 28.2 Å². The van der Waals surface area contributed by atoms with Crippen molar-refractivity contribution in [2.24, 2.45) is 0 Å². The highest BCUT2D eigenvalue weighted by atomic mass is 32.1. The number of H-pyrrole nitrogens is 1. The Kier molecular flexibility index (Phi) is 4.15. The molecule has 0 saturated heterocycles. The van der Waals surface area contributed by atoms with E-state index in [1.165, 1.54) is 7.11 Å². The molecule has 3 rings (SSSR count). The van der Waals surface area contributed by atoms with Crippen LogP contribution >= 0.6 is 11.3 Å². The lowest BCUT2D eigenvalue weighted by atomic mass is 10.2. The van der Waals surface area contributed by atoms with E-state index in [1.54, 1.807) is 29.5 Å². The molecule has 0 radical (unpaired) electrons. The number of nitrogens with one attached hydrogen (secondary N) is 2. The molecule has 112 valence electrons. The third-order valence-corrected chi connectivity index (χ3v) is 3.91. The zero-order chi connectivity index (χ0) is 15.4. The molecule has 1 aromatic carbocycles. The molecule has 0 bridgehead atoms. The highest BCUT2D eigenvalue weighted by Gasteiger charge is 2.12. The van der Waals surface area contributed by atoms with E-state index in [0.29, 0.717) is 23.0 Å². The first-order chi connectivity index (χ1) is 10.8. The fourth-order valence-electron chi connectivity index (χ4n) is 1.98. The van der Waals surface area contributed by atoms with E-state index < -0.39 is 0 Å². The molecule has 0 aliphatic heterocycles. The fraction of sp³-hybridized carbons (Fsp3) is 0.133. The zero-order valence-electron chi connectivity index (χ0n) is 11.9. The van der Waals surface area contributed by atoms with Crippen LogP contribution in [0.1, 0.15) is 16.2 Å². The van der Waals surface area contributed by atoms with Gasteiger partial charge in [-0.3, -0.25) is 9.89 Å². The van der Waals surface area contributed by atoms with E-state index in [9.17, 15) is 4.79 Å². The minimum atomic E-state index is -0.216. The second kappa shape index (κ2) is 6.40. The normalized spacial score (nSPS) is 10.4. The maximum absolute atomic E-state index is 12.2. The number of thiophene rings is 1. The quantitative estimate of drug-likeness (QED) is 0.758. The summed E-state index contributed by atoms with van der Waals surface area (Å²) in [6, 6.07) is 11.0. The minimum absolute atomic E-state index is 0.216. The molecule has 0 atom stereocenters. The summed E-state index contributed by atoms with van der Waals surface area (Å²) >= 11 is 1.57. The van der Waals surface area contributed by atoms with Crippen molar-refractivity contribution >= 4 is 17.2 Å². The Morgan fingerprint density at radius 2 is 2.18 bits per heavy atom. The number of rotatable bonds is 5. The number of aromatic nitrogens is 3. The number of ether oxygens (including phenoxy) is 1. The van der Waals surface area contributed by atoms with Gasteiger partial charge in [0, 0.05) is 0 Å². The highest BCUT2D eigenvalue weighted by molar-refractivity contribution is 7.13.